The summed E-state index contributed by atoms with van der Waals surface area (Å²) in [4.78, 5) is 11.5. The van der Waals surface area contributed by atoms with Crippen LogP contribution in [0, 0.1) is 11.3 Å². The van der Waals surface area contributed by atoms with Crippen molar-refractivity contribution in [3.63, 3.8) is 0 Å². The molecular formula is C19H30O5. The van der Waals surface area contributed by atoms with E-state index < -0.39 is 23.6 Å². The first-order valence-electron chi connectivity index (χ1n) is 8.42. The zero-order valence-electron chi connectivity index (χ0n) is 15.1. The average molecular weight is 338 g/mol. The van der Waals surface area contributed by atoms with Crippen molar-refractivity contribution in [2.75, 3.05) is 13.2 Å². The lowest BCUT2D eigenvalue weighted by atomic mass is 9.75. The second kappa shape index (κ2) is 9.77. The minimum atomic E-state index is -0.983. The lowest BCUT2D eigenvalue weighted by Crippen LogP contribution is -2.45. The largest absolute Gasteiger partial charge is 0.466 e. The van der Waals surface area contributed by atoms with E-state index in [1.165, 1.54) is 0 Å². The number of hydrogen-bond donors (Lipinski definition) is 2. The van der Waals surface area contributed by atoms with Gasteiger partial charge in [0.1, 0.15) is 0 Å². The number of esters is 1. The van der Waals surface area contributed by atoms with E-state index in [-0.39, 0.29) is 18.9 Å². The number of aliphatic hydroxyl groups excluding tert-OH is 2. The molecule has 0 aromatic heterocycles. The first-order chi connectivity index (χ1) is 11.3. The summed E-state index contributed by atoms with van der Waals surface area (Å²) in [6, 6.07) is 9.81. The molecule has 0 saturated carbocycles. The van der Waals surface area contributed by atoms with Gasteiger partial charge in [-0.1, -0.05) is 51.1 Å². The molecule has 0 amide bonds. The Hall–Kier alpha value is -1.43. The second-order valence-electron chi connectivity index (χ2n) is 6.77. The minimum Gasteiger partial charge on any atom is -0.466 e. The third-order valence-corrected chi connectivity index (χ3v) is 4.32. The molecule has 136 valence electrons. The van der Waals surface area contributed by atoms with Crippen molar-refractivity contribution in [1.82, 2.24) is 0 Å². The van der Waals surface area contributed by atoms with Crippen molar-refractivity contribution in [1.29, 1.82) is 0 Å². The van der Waals surface area contributed by atoms with Crippen LogP contribution in [-0.4, -0.2) is 41.6 Å². The normalized spacial score (nSPS) is 15.6. The van der Waals surface area contributed by atoms with Crippen molar-refractivity contribution >= 4 is 5.97 Å². The maximum atomic E-state index is 11.5. The third kappa shape index (κ3) is 6.23. The summed E-state index contributed by atoms with van der Waals surface area (Å²) < 4.78 is 10.5. The van der Waals surface area contributed by atoms with Crippen LogP contribution in [0.1, 0.15) is 39.7 Å². The van der Waals surface area contributed by atoms with Gasteiger partial charge < -0.3 is 19.7 Å². The fourth-order valence-corrected chi connectivity index (χ4v) is 2.60. The fraction of sp³-hybridized carbons (Fsp3) is 0.632. The molecule has 0 saturated heterocycles. The van der Waals surface area contributed by atoms with Crippen molar-refractivity contribution in [3.05, 3.63) is 35.9 Å². The zero-order valence-corrected chi connectivity index (χ0v) is 15.1. The molecule has 0 aliphatic carbocycles. The predicted molar refractivity (Wildman–Crippen MR) is 92.3 cm³/mol. The number of carbonyl (C=O) groups excluding carboxylic acids is 1. The topological polar surface area (TPSA) is 76.0 Å². The van der Waals surface area contributed by atoms with E-state index in [1.54, 1.807) is 20.8 Å². The number of rotatable bonds is 10. The Morgan fingerprint density at radius 1 is 1.21 bits per heavy atom. The molecule has 5 nitrogen and oxygen atoms in total. The van der Waals surface area contributed by atoms with E-state index >= 15 is 0 Å². The molecule has 0 aliphatic rings. The molecule has 0 fully saturated rings. The van der Waals surface area contributed by atoms with Gasteiger partial charge in [-0.3, -0.25) is 4.79 Å². The summed E-state index contributed by atoms with van der Waals surface area (Å²) in [5, 5.41) is 20.9. The number of ether oxygens (including phenoxy) is 2. The van der Waals surface area contributed by atoms with Gasteiger partial charge in [0.2, 0.25) is 0 Å². The molecule has 5 heteroatoms. The van der Waals surface area contributed by atoms with E-state index in [0.29, 0.717) is 13.2 Å². The molecule has 0 bridgehead atoms. The highest BCUT2D eigenvalue weighted by Crippen LogP contribution is 2.32. The highest BCUT2D eigenvalue weighted by atomic mass is 16.5. The van der Waals surface area contributed by atoms with Gasteiger partial charge in [-0.2, -0.15) is 0 Å². The average Bonchev–Trinajstić information content (AvgIpc) is 2.55. The SMILES string of the molecule is CCOC(=O)C[C@@H](O)C(C)(C)[C@H](O)[C@H](C)COCc1ccccc1. The first-order valence-corrected chi connectivity index (χ1v) is 8.42. The molecular weight excluding hydrogens is 308 g/mol. The van der Waals surface area contributed by atoms with Gasteiger partial charge in [-0.25, -0.2) is 0 Å². The quantitative estimate of drug-likeness (QED) is 0.641. The Morgan fingerprint density at radius 2 is 1.83 bits per heavy atom. The molecule has 3 atom stereocenters. The fourth-order valence-electron chi connectivity index (χ4n) is 2.60. The number of benzene rings is 1. The molecule has 0 radical (unpaired) electrons. The highest BCUT2D eigenvalue weighted by Gasteiger charge is 2.39. The molecule has 1 aromatic carbocycles. The molecule has 2 N–H and O–H groups in total. The summed E-state index contributed by atoms with van der Waals surface area (Å²) in [5.41, 5.74) is 0.225. The van der Waals surface area contributed by atoms with Crippen molar-refractivity contribution in [2.45, 2.75) is 52.9 Å². The van der Waals surface area contributed by atoms with Gasteiger partial charge in [0.25, 0.3) is 0 Å². The zero-order chi connectivity index (χ0) is 18.2. The van der Waals surface area contributed by atoms with E-state index in [9.17, 15) is 15.0 Å². The number of aliphatic hydroxyl groups is 2. The smallest absolute Gasteiger partial charge is 0.308 e. The molecule has 1 rings (SSSR count). The first kappa shape index (κ1) is 20.6. The summed E-state index contributed by atoms with van der Waals surface area (Å²) in [6.07, 6.45) is -1.92. The van der Waals surface area contributed by atoms with Gasteiger partial charge in [-0.15, -0.1) is 0 Å². The molecule has 0 unspecified atom stereocenters. The van der Waals surface area contributed by atoms with E-state index in [0.717, 1.165) is 5.56 Å². The summed E-state index contributed by atoms with van der Waals surface area (Å²) >= 11 is 0. The van der Waals surface area contributed by atoms with Crippen LogP contribution in [0.25, 0.3) is 0 Å². The van der Waals surface area contributed by atoms with Gasteiger partial charge in [-0.05, 0) is 12.5 Å². The Bertz CT molecular complexity index is 486. The van der Waals surface area contributed by atoms with Crippen LogP contribution in [-0.2, 0) is 20.9 Å². The van der Waals surface area contributed by atoms with Gasteiger partial charge >= 0.3 is 5.97 Å². The van der Waals surface area contributed by atoms with Crippen LogP contribution in [0.15, 0.2) is 30.3 Å². The summed E-state index contributed by atoms with van der Waals surface area (Å²) in [5.74, 6) is -0.640. The standard InChI is InChI=1S/C19H30O5/c1-5-24-17(21)11-16(20)19(3,4)18(22)14(2)12-23-13-15-9-7-6-8-10-15/h6-10,14,16,18,20,22H,5,11-13H2,1-4H3/t14-,16-,18-/m1/s1. The van der Waals surface area contributed by atoms with E-state index in [1.807, 2.05) is 37.3 Å². The monoisotopic (exact) mass is 338 g/mol. The Morgan fingerprint density at radius 3 is 2.42 bits per heavy atom. The summed E-state index contributed by atoms with van der Waals surface area (Å²) in [7, 11) is 0. The van der Waals surface area contributed by atoms with Crippen LogP contribution in [0.3, 0.4) is 0 Å². The van der Waals surface area contributed by atoms with Gasteiger partial charge in [0, 0.05) is 11.3 Å². The van der Waals surface area contributed by atoms with Crippen LogP contribution in [0.4, 0.5) is 0 Å². The van der Waals surface area contributed by atoms with Crippen molar-refractivity contribution in [3.8, 4) is 0 Å². The van der Waals surface area contributed by atoms with E-state index in [4.69, 9.17) is 9.47 Å². The van der Waals surface area contributed by atoms with Crippen LogP contribution in [0.5, 0.6) is 0 Å². The second-order valence-corrected chi connectivity index (χ2v) is 6.77. The molecule has 0 heterocycles. The summed E-state index contributed by atoms with van der Waals surface area (Å²) in [6.45, 7) is 8.20. The van der Waals surface area contributed by atoms with Crippen LogP contribution in [0.2, 0.25) is 0 Å². The number of hydrogen-bond acceptors (Lipinski definition) is 5. The van der Waals surface area contributed by atoms with Gasteiger partial charge in [0.05, 0.1) is 38.4 Å². The van der Waals surface area contributed by atoms with Crippen LogP contribution >= 0.6 is 0 Å². The predicted octanol–water partition coefficient (Wildman–Crippen LogP) is 2.54. The minimum absolute atomic E-state index is 0.129. The Labute approximate surface area is 144 Å². The van der Waals surface area contributed by atoms with E-state index in [2.05, 4.69) is 0 Å². The van der Waals surface area contributed by atoms with Crippen molar-refractivity contribution < 1.29 is 24.5 Å². The Balaban J connectivity index is 2.49. The van der Waals surface area contributed by atoms with Gasteiger partial charge in [0.15, 0.2) is 0 Å². The maximum Gasteiger partial charge on any atom is 0.308 e. The molecule has 0 aliphatic heterocycles. The van der Waals surface area contributed by atoms with Crippen molar-refractivity contribution in [2.24, 2.45) is 11.3 Å². The maximum absolute atomic E-state index is 11.5. The molecule has 0 spiro atoms. The lowest BCUT2D eigenvalue weighted by Gasteiger charge is -2.38. The van der Waals surface area contributed by atoms with Crippen LogP contribution < -0.4 is 0 Å². The lowest BCUT2D eigenvalue weighted by molar-refractivity contribution is -0.150. The Kier molecular flexibility index (Phi) is 8.39. The third-order valence-electron chi connectivity index (χ3n) is 4.32. The highest BCUT2D eigenvalue weighted by molar-refractivity contribution is 5.70. The molecule has 24 heavy (non-hydrogen) atoms. The number of carbonyl (C=O) groups is 1. The molecule has 1 aromatic rings.